The number of hydrogen-bond acceptors (Lipinski definition) is 3. The van der Waals surface area contributed by atoms with Crippen molar-refractivity contribution in [2.45, 2.75) is 0 Å². The average molecular weight is 238 g/mol. The Morgan fingerprint density at radius 1 is 1.00 bits per heavy atom. The van der Waals surface area contributed by atoms with E-state index < -0.39 is 0 Å². The number of fused-ring (bicyclic) bond motifs is 1. The first-order valence-electron chi connectivity index (χ1n) is 6.14. The molecule has 0 radical (unpaired) electrons. The van der Waals surface area contributed by atoms with Crippen LogP contribution in [0.4, 0.5) is 5.69 Å². The molecule has 1 aliphatic heterocycles. The number of rotatable bonds is 1. The fourth-order valence-electron chi connectivity index (χ4n) is 2.37. The van der Waals surface area contributed by atoms with E-state index in [2.05, 4.69) is 29.2 Å². The standard InChI is InChI=1S/C15H14N2O/c16-11-13-2-1-12-3-4-14(5-6-15(12)13)17-7-9-18-10-8-17/h1-6H,7-10H2. The van der Waals surface area contributed by atoms with Gasteiger partial charge in [-0.15, -0.1) is 0 Å². The van der Waals surface area contributed by atoms with E-state index in [-0.39, 0.29) is 0 Å². The summed E-state index contributed by atoms with van der Waals surface area (Å²) >= 11 is 0. The van der Waals surface area contributed by atoms with Crippen LogP contribution in [0.15, 0.2) is 36.4 Å². The summed E-state index contributed by atoms with van der Waals surface area (Å²) in [7, 11) is 0. The summed E-state index contributed by atoms with van der Waals surface area (Å²) in [6, 6.07) is 14.4. The van der Waals surface area contributed by atoms with Crippen LogP contribution in [0.25, 0.3) is 11.1 Å². The maximum absolute atomic E-state index is 9.05. The zero-order chi connectivity index (χ0) is 12.4. The van der Waals surface area contributed by atoms with E-state index in [0.717, 1.165) is 43.0 Å². The minimum absolute atomic E-state index is 0.745. The molecule has 0 atom stereocenters. The number of nitrogens with zero attached hydrogens (tertiary/aromatic N) is 2. The van der Waals surface area contributed by atoms with Crippen LogP contribution >= 0.6 is 0 Å². The van der Waals surface area contributed by atoms with Gasteiger partial charge in [0.1, 0.15) is 0 Å². The molecule has 1 saturated heterocycles. The van der Waals surface area contributed by atoms with Gasteiger partial charge < -0.3 is 9.64 Å². The molecule has 0 amide bonds. The van der Waals surface area contributed by atoms with E-state index >= 15 is 0 Å². The van der Waals surface area contributed by atoms with Gasteiger partial charge in [-0.3, -0.25) is 0 Å². The number of anilines is 1. The van der Waals surface area contributed by atoms with Gasteiger partial charge in [0.2, 0.25) is 0 Å². The van der Waals surface area contributed by atoms with Gasteiger partial charge in [-0.05, 0) is 29.3 Å². The van der Waals surface area contributed by atoms with Crippen molar-refractivity contribution in [1.29, 1.82) is 5.26 Å². The van der Waals surface area contributed by atoms with Crippen LogP contribution in [0.2, 0.25) is 0 Å². The molecular weight excluding hydrogens is 224 g/mol. The summed E-state index contributed by atoms with van der Waals surface area (Å²) in [5.41, 5.74) is 4.08. The molecule has 0 aromatic rings. The molecule has 0 unspecified atom stereocenters. The Morgan fingerprint density at radius 2 is 1.72 bits per heavy atom. The summed E-state index contributed by atoms with van der Waals surface area (Å²) < 4.78 is 5.36. The first kappa shape index (κ1) is 11.1. The largest absolute Gasteiger partial charge is 0.378 e. The highest BCUT2D eigenvalue weighted by Crippen LogP contribution is 2.28. The van der Waals surface area contributed by atoms with E-state index in [9.17, 15) is 0 Å². The molecular formula is C15H14N2O. The molecule has 3 heteroatoms. The Balaban J connectivity index is 1.99. The topological polar surface area (TPSA) is 36.3 Å². The van der Waals surface area contributed by atoms with Crippen LogP contribution in [-0.2, 0) is 4.74 Å². The maximum Gasteiger partial charge on any atom is 0.0998 e. The van der Waals surface area contributed by atoms with Crippen molar-refractivity contribution in [2.75, 3.05) is 31.2 Å². The van der Waals surface area contributed by atoms with Gasteiger partial charge in [0, 0.05) is 18.8 Å². The van der Waals surface area contributed by atoms with Gasteiger partial charge in [0.15, 0.2) is 0 Å². The molecule has 0 aromatic carbocycles. The van der Waals surface area contributed by atoms with Crippen LogP contribution in [0.1, 0.15) is 5.56 Å². The monoisotopic (exact) mass is 238 g/mol. The van der Waals surface area contributed by atoms with Gasteiger partial charge in [0.05, 0.1) is 24.8 Å². The molecule has 18 heavy (non-hydrogen) atoms. The van der Waals surface area contributed by atoms with E-state index in [0.29, 0.717) is 0 Å². The summed E-state index contributed by atoms with van der Waals surface area (Å²) in [4.78, 5) is 2.31. The Morgan fingerprint density at radius 3 is 2.50 bits per heavy atom. The van der Waals surface area contributed by atoms with Crippen molar-refractivity contribution in [3.63, 3.8) is 0 Å². The van der Waals surface area contributed by atoms with Crippen LogP contribution in [0.5, 0.6) is 0 Å². The van der Waals surface area contributed by atoms with Crippen LogP contribution < -0.4 is 4.90 Å². The van der Waals surface area contributed by atoms with Crippen molar-refractivity contribution >= 4 is 5.69 Å². The molecule has 1 heterocycles. The quantitative estimate of drug-likeness (QED) is 0.766. The van der Waals surface area contributed by atoms with Gasteiger partial charge in [-0.2, -0.15) is 5.26 Å². The number of ether oxygens (including phenoxy) is 1. The van der Waals surface area contributed by atoms with Crippen molar-refractivity contribution in [1.82, 2.24) is 0 Å². The zero-order valence-corrected chi connectivity index (χ0v) is 10.1. The second-order valence-corrected chi connectivity index (χ2v) is 4.42. The Bertz CT molecular complexity index is 567. The van der Waals surface area contributed by atoms with Crippen LogP contribution in [-0.4, -0.2) is 26.3 Å². The number of morpholine rings is 1. The Kier molecular flexibility index (Phi) is 2.87. The highest BCUT2D eigenvalue weighted by atomic mass is 16.5. The summed E-state index contributed by atoms with van der Waals surface area (Å²) in [5, 5.41) is 9.05. The number of nitriles is 1. The summed E-state index contributed by atoms with van der Waals surface area (Å²) in [6.07, 6.45) is 0. The second kappa shape index (κ2) is 4.67. The van der Waals surface area contributed by atoms with Crippen molar-refractivity contribution < 1.29 is 4.74 Å². The SMILES string of the molecule is N#Cc1ccc2ccc(N3CCOCC3)ccc1-2. The van der Waals surface area contributed by atoms with Gasteiger partial charge in [0.25, 0.3) is 0 Å². The number of hydrogen-bond donors (Lipinski definition) is 0. The average Bonchev–Trinajstić information content (AvgIpc) is 2.70. The summed E-state index contributed by atoms with van der Waals surface area (Å²) in [6.45, 7) is 3.43. The van der Waals surface area contributed by atoms with Crippen LogP contribution in [0.3, 0.4) is 0 Å². The molecule has 3 nitrogen and oxygen atoms in total. The lowest BCUT2D eigenvalue weighted by Crippen LogP contribution is -2.35. The third kappa shape index (κ3) is 1.92. The van der Waals surface area contributed by atoms with E-state index in [1.165, 1.54) is 5.69 Å². The van der Waals surface area contributed by atoms with Gasteiger partial charge in [-0.1, -0.05) is 18.2 Å². The van der Waals surface area contributed by atoms with Crippen molar-refractivity contribution in [2.24, 2.45) is 0 Å². The van der Waals surface area contributed by atoms with Crippen LogP contribution in [0, 0.1) is 11.3 Å². The van der Waals surface area contributed by atoms with Gasteiger partial charge in [-0.25, -0.2) is 0 Å². The highest BCUT2D eigenvalue weighted by Gasteiger charge is 2.12. The minimum Gasteiger partial charge on any atom is -0.378 e. The smallest absolute Gasteiger partial charge is 0.0998 e. The first-order valence-corrected chi connectivity index (χ1v) is 6.14. The molecule has 0 N–H and O–H groups in total. The molecule has 0 aromatic heterocycles. The third-order valence-electron chi connectivity index (χ3n) is 3.38. The van der Waals surface area contributed by atoms with Gasteiger partial charge >= 0.3 is 0 Å². The second-order valence-electron chi connectivity index (χ2n) is 4.42. The molecule has 0 bridgehead atoms. The molecule has 90 valence electrons. The molecule has 3 rings (SSSR count). The highest BCUT2D eigenvalue weighted by molar-refractivity contribution is 5.75. The molecule has 2 aliphatic carbocycles. The van der Waals surface area contributed by atoms with E-state index in [1.54, 1.807) is 0 Å². The lowest BCUT2D eigenvalue weighted by molar-refractivity contribution is 0.122. The first-order chi connectivity index (χ1) is 8.88. The molecule has 3 aliphatic rings. The molecule has 0 saturated carbocycles. The normalized spacial score (nSPS) is 15.6. The predicted octanol–water partition coefficient (Wildman–Crippen LogP) is 2.50. The molecule has 0 spiro atoms. The summed E-state index contributed by atoms with van der Waals surface area (Å²) in [5.74, 6) is 0. The fourth-order valence-corrected chi connectivity index (χ4v) is 2.37. The Labute approximate surface area is 107 Å². The molecule has 1 fully saturated rings. The fraction of sp³-hybridized carbons (Fsp3) is 0.267. The Hall–Kier alpha value is -2.05. The van der Waals surface area contributed by atoms with Crippen molar-refractivity contribution in [3.8, 4) is 17.2 Å². The third-order valence-corrected chi connectivity index (χ3v) is 3.38. The predicted molar refractivity (Wildman–Crippen MR) is 70.8 cm³/mol. The lowest BCUT2D eigenvalue weighted by atomic mass is 10.1. The zero-order valence-electron chi connectivity index (χ0n) is 10.1. The van der Waals surface area contributed by atoms with Crippen molar-refractivity contribution in [3.05, 3.63) is 42.0 Å². The minimum atomic E-state index is 0.745. The lowest BCUT2D eigenvalue weighted by Gasteiger charge is -2.28. The maximum atomic E-state index is 9.05. The van der Waals surface area contributed by atoms with E-state index in [1.807, 2.05) is 18.2 Å². The van der Waals surface area contributed by atoms with E-state index in [4.69, 9.17) is 10.00 Å².